The number of carboxylic acids is 1. The van der Waals surface area contributed by atoms with E-state index in [4.69, 9.17) is 9.84 Å². The molecule has 0 spiro atoms. The van der Waals surface area contributed by atoms with E-state index in [1.54, 1.807) is 11.8 Å². The van der Waals surface area contributed by atoms with Gasteiger partial charge in [0.25, 0.3) is 0 Å². The lowest BCUT2D eigenvalue weighted by Gasteiger charge is -2.32. The maximum absolute atomic E-state index is 12.1. The first-order valence-corrected chi connectivity index (χ1v) is 8.61. The number of piperidine rings is 1. The number of thioether (sulfide) groups is 1. The van der Waals surface area contributed by atoms with E-state index < -0.39 is 5.97 Å². The van der Waals surface area contributed by atoms with Gasteiger partial charge >= 0.3 is 5.97 Å². The quantitative estimate of drug-likeness (QED) is 0.770. The number of carbonyl (C=O) groups is 2. The highest BCUT2D eigenvalue weighted by Gasteiger charge is 2.23. The van der Waals surface area contributed by atoms with E-state index in [0.717, 1.165) is 25.9 Å². The molecule has 0 radical (unpaired) electrons. The first kappa shape index (κ1) is 16.6. The molecular weight excluding hydrogens is 292 g/mol. The molecular formula is C14H24N2O4S. The number of morpholine rings is 1. The molecule has 120 valence electrons. The van der Waals surface area contributed by atoms with E-state index in [0.29, 0.717) is 43.9 Å². The lowest BCUT2D eigenvalue weighted by molar-refractivity contribution is -0.137. The number of aliphatic carboxylic acids is 1. The molecule has 1 unspecified atom stereocenters. The third-order valence-corrected chi connectivity index (χ3v) is 5.18. The molecule has 21 heavy (non-hydrogen) atoms. The maximum atomic E-state index is 12.1. The topological polar surface area (TPSA) is 70.1 Å². The predicted molar refractivity (Wildman–Crippen MR) is 81.6 cm³/mol. The summed E-state index contributed by atoms with van der Waals surface area (Å²) in [5.41, 5.74) is 0. The standard InChI is InChI=1S/C14H24N2O4S/c17-13(16-6-8-20-9-7-16)11-21-12-2-1-4-15(10-12)5-3-14(18)19/h12H,1-11H2,(H,18,19). The summed E-state index contributed by atoms with van der Waals surface area (Å²) in [5.74, 6) is -0.0181. The van der Waals surface area contributed by atoms with Crippen LogP contribution in [0.15, 0.2) is 0 Å². The van der Waals surface area contributed by atoms with Gasteiger partial charge in [-0.1, -0.05) is 0 Å². The molecule has 2 aliphatic rings. The van der Waals surface area contributed by atoms with E-state index in [1.807, 2.05) is 4.90 Å². The van der Waals surface area contributed by atoms with Gasteiger partial charge in [0.1, 0.15) is 0 Å². The number of carboxylic acid groups (broad SMARTS) is 1. The van der Waals surface area contributed by atoms with E-state index in [2.05, 4.69) is 4.90 Å². The molecule has 0 aromatic carbocycles. The largest absolute Gasteiger partial charge is 0.481 e. The van der Waals surface area contributed by atoms with E-state index in [-0.39, 0.29) is 12.3 Å². The molecule has 2 rings (SSSR count). The molecule has 0 aromatic heterocycles. The Hall–Kier alpha value is -0.790. The third-order valence-electron chi connectivity index (χ3n) is 3.91. The van der Waals surface area contributed by atoms with Crippen molar-refractivity contribution in [2.75, 3.05) is 51.7 Å². The lowest BCUT2D eigenvalue weighted by atomic mass is 10.1. The molecule has 0 bridgehead atoms. The minimum absolute atomic E-state index is 0.199. The third kappa shape index (κ3) is 5.84. The molecule has 1 amide bonds. The summed E-state index contributed by atoms with van der Waals surface area (Å²) in [7, 11) is 0. The van der Waals surface area contributed by atoms with Crippen molar-refractivity contribution in [1.29, 1.82) is 0 Å². The van der Waals surface area contributed by atoms with Crippen molar-refractivity contribution < 1.29 is 19.4 Å². The van der Waals surface area contributed by atoms with E-state index >= 15 is 0 Å². The van der Waals surface area contributed by atoms with Gasteiger partial charge in [-0.15, -0.1) is 11.8 Å². The van der Waals surface area contributed by atoms with Crippen molar-refractivity contribution in [1.82, 2.24) is 9.80 Å². The number of carbonyl (C=O) groups excluding carboxylic acids is 1. The summed E-state index contributed by atoms with van der Waals surface area (Å²) in [5, 5.41) is 9.18. The average Bonchev–Trinajstić information content (AvgIpc) is 2.52. The van der Waals surface area contributed by atoms with Crippen LogP contribution < -0.4 is 0 Å². The van der Waals surface area contributed by atoms with Crippen LogP contribution in [0.4, 0.5) is 0 Å². The summed E-state index contributed by atoms with van der Waals surface area (Å²) in [6.45, 7) is 5.18. The Balaban J connectivity index is 1.67. The molecule has 2 saturated heterocycles. The van der Waals surface area contributed by atoms with Crippen molar-refractivity contribution in [2.24, 2.45) is 0 Å². The normalized spacial score (nSPS) is 24.0. The number of hydrogen-bond donors (Lipinski definition) is 1. The zero-order valence-electron chi connectivity index (χ0n) is 12.3. The SMILES string of the molecule is O=C(O)CCN1CCCC(SCC(=O)N2CCOCC2)C1. The Morgan fingerprint density at radius 2 is 2.00 bits per heavy atom. The van der Waals surface area contributed by atoms with Crippen LogP contribution >= 0.6 is 11.8 Å². The highest BCUT2D eigenvalue weighted by molar-refractivity contribution is 8.00. The minimum atomic E-state index is -0.743. The number of ether oxygens (including phenoxy) is 1. The molecule has 1 N–H and O–H groups in total. The zero-order valence-corrected chi connectivity index (χ0v) is 13.1. The molecule has 6 nitrogen and oxygen atoms in total. The fraction of sp³-hybridized carbons (Fsp3) is 0.857. The second kappa shape index (κ2) is 8.60. The van der Waals surface area contributed by atoms with Crippen LogP contribution in [0.2, 0.25) is 0 Å². The number of amides is 1. The Kier molecular flexibility index (Phi) is 6.79. The van der Waals surface area contributed by atoms with E-state index in [1.165, 1.54) is 0 Å². The Morgan fingerprint density at radius 1 is 1.24 bits per heavy atom. The van der Waals surface area contributed by atoms with Crippen LogP contribution in [0.3, 0.4) is 0 Å². The van der Waals surface area contributed by atoms with Gasteiger partial charge in [0, 0.05) is 31.4 Å². The van der Waals surface area contributed by atoms with Crippen molar-refractivity contribution in [3.8, 4) is 0 Å². The molecule has 2 aliphatic heterocycles. The smallest absolute Gasteiger partial charge is 0.304 e. The Morgan fingerprint density at radius 3 is 2.71 bits per heavy atom. The van der Waals surface area contributed by atoms with Gasteiger partial charge in [-0.25, -0.2) is 0 Å². The molecule has 2 heterocycles. The number of nitrogens with zero attached hydrogens (tertiary/aromatic N) is 2. The molecule has 1 atom stereocenters. The summed E-state index contributed by atoms with van der Waals surface area (Å²) in [6.07, 6.45) is 2.40. The second-order valence-corrected chi connectivity index (χ2v) is 6.80. The van der Waals surface area contributed by atoms with Gasteiger partial charge in [-0.05, 0) is 19.4 Å². The first-order valence-electron chi connectivity index (χ1n) is 7.56. The van der Waals surface area contributed by atoms with Gasteiger partial charge in [-0.3, -0.25) is 9.59 Å². The summed E-state index contributed by atoms with van der Waals surface area (Å²) < 4.78 is 5.25. The molecule has 7 heteroatoms. The number of likely N-dealkylation sites (tertiary alicyclic amines) is 1. The molecule has 0 aromatic rings. The van der Waals surface area contributed by atoms with E-state index in [9.17, 15) is 9.59 Å². The van der Waals surface area contributed by atoms with Gasteiger partial charge in [0.2, 0.25) is 5.91 Å². The maximum Gasteiger partial charge on any atom is 0.304 e. The van der Waals surface area contributed by atoms with Crippen LogP contribution in [0.25, 0.3) is 0 Å². The van der Waals surface area contributed by atoms with Gasteiger partial charge in [0.15, 0.2) is 0 Å². The van der Waals surface area contributed by atoms with Gasteiger partial charge < -0.3 is 19.6 Å². The fourth-order valence-corrected chi connectivity index (χ4v) is 3.91. The molecule has 0 saturated carbocycles. The Labute approximate surface area is 129 Å². The second-order valence-electron chi connectivity index (χ2n) is 5.51. The fourth-order valence-electron chi connectivity index (χ4n) is 2.70. The van der Waals surface area contributed by atoms with Crippen molar-refractivity contribution in [3.63, 3.8) is 0 Å². The van der Waals surface area contributed by atoms with Crippen molar-refractivity contribution in [3.05, 3.63) is 0 Å². The Bertz CT molecular complexity index is 361. The van der Waals surface area contributed by atoms with Crippen LogP contribution in [0.5, 0.6) is 0 Å². The highest BCUT2D eigenvalue weighted by atomic mass is 32.2. The summed E-state index contributed by atoms with van der Waals surface area (Å²) in [4.78, 5) is 26.8. The number of hydrogen-bond acceptors (Lipinski definition) is 5. The van der Waals surface area contributed by atoms with Crippen LogP contribution in [-0.4, -0.2) is 83.7 Å². The average molecular weight is 316 g/mol. The highest BCUT2D eigenvalue weighted by Crippen LogP contribution is 2.23. The van der Waals surface area contributed by atoms with Crippen LogP contribution in [-0.2, 0) is 14.3 Å². The zero-order chi connectivity index (χ0) is 15.1. The summed E-state index contributed by atoms with van der Waals surface area (Å²) >= 11 is 1.72. The van der Waals surface area contributed by atoms with Crippen molar-refractivity contribution >= 4 is 23.6 Å². The molecule has 0 aliphatic carbocycles. The predicted octanol–water partition coefficient (Wildman–Crippen LogP) is 0.517. The van der Waals surface area contributed by atoms with Crippen LogP contribution in [0, 0.1) is 0 Å². The molecule has 2 fully saturated rings. The minimum Gasteiger partial charge on any atom is -0.481 e. The monoisotopic (exact) mass is 316 g/mol. The van der Waals surface area contributed by atoms with Gasteiger partial charge in [-0.2, -0.15) is 0 Å². The lowest BCUT2D eigenvalue weighted by Crippen LogP contribution is -2.42. The van der Waals surface area contributed by atoms with Crippen molar-refractivity contribution in [2.45, 2.75) is 24.5 Å². The summed E-state index contributed by atoms with van der Waals surface area (Å²) in [6, 6.07) is 0. The van der Waals surface area contributed by atoms with Crippen LogP contribution in [0.1, 0.15) is 19.3 Å². The van der Waals surface area contributed by atoms with Gasteiger partial charge in [0.05, 0.1) is 25.4 Å². The first-order chi connectivity index (χ1) is 10.1. The number of rotatable bonds is 6.